The summed E-state index contributed by atoms with van der Waals surface area (Å²) in [6.45, 7) is 7.61. The SMILES string of the molecule is CCCc1csc(C(CC(=O)OC(C)(C)C)Cc2ccc(NS(=O)(=O)O)cc2)n1. The van der Waals surface area contributed by atoms with E-state index in [9.17, 15) is 13.2 Å². The third-order valence-electron chi connectivity index (χ3n) is 3.94. The minimum Gasteiger partial charge on any atom is -0.460 e. The summed E-state index contributed by atoms with van der Waals surface area (Å²) in [4.78, 5) is 17.1. The van der Waals surface area contributed by atoms with Gasteiger partial charge in [-0.25, -0.2) is 4.98 Å². The number of benzene rings is 1. The van der Waals surface area contributed by atoms with E-state index in [0.717, 1.165) is 29.1 Å². The van der Waals surface area contributed by atoms with Crippen LogP contribution in [0.15, 0.2) is 29.6 Å². The van der Waals surface area contributed by atoms with Crippen LogP contribution in [-0.4, -0.2) is 29.5 Å². The largest absolute Gasteiger partial charge is 0.460 e. The Kier molecular flexibility index (Phi) is 7.79. The molecule has 0 spiro atoms. The van der Waals surface area contributed by atoms with Crippen LogP contribution < -0.4 is 4.72 Å². The normalized spacial score (nSPS) is 13.1. The molecule has 0 radical (unpaired) electrons. The molecule has 9 heteroatoms. The zero-order valence-corrected chi connectivity index (χ0v) is 18.8. The lowest BCUT2D eigenvalue weighted by Crippen LogP contribution is -2.25. The molecule has 0 aliphatic rings. The number of nitrogens with zero attached hydrogens (tertiary/aromatic N) is 1. The number of aryl methyl sites for hydroxylation is 1. The van der Waals surface area contributed by atoms with Crippen LogP contribution in [0.5, 0.6) is 0 Å². The smallest absolute Gasteiger partial charge is 0.357 e. The summed E-state index contributed by atoms with van der Waals surface area (Å²) < 4.78 is 38.2. The Morgan fingerprint density at radius 1 is 1.28 bits per heavy atom. The van der Waals surface area contributed by atoms with Crippen molar-refractivity contribution in [3.05, 3.63) is 45.9 Å². The van der Waals surface area contributed by atoms with E-state index in [1.807, 2.05) is 30.9 Å². The van der Waals surface area contributed by atoms with E-state index in [-0.39, 0.29) is 24.0 Å². The summed E-state index contributed by atoms with van der Waals surface area (Å²) in [6.07, 6.45) is 2.67. The predicted molar refractivity (Wildman–Crippen MR) is 115 cm³/mol. The Hall–Kier alpha value is -1.97. The lowest BCUT2D eigenvalue weighted by atomic mass is 9.96. The van der Waals surface area contributed by atoms with E-state index in [1.165, 1.54) is 0 Å². The molecule has 2 rings (SSSR count). The number of anilines is 1. The molecule has 1 atom stereocenters. The van der Waals surface area contributed by atoms with Gasteiger partial charge in [0.15, 0.2) is 0 Å². The van der Waals surface area contributed by atoms with Crippen LogP contribution in [0.1, 0.15) is 62.7 Å². The van der Waals surface area contributed by atoms with E-state index in [0.29, 0.717) is 6.42 Å². The van der Waals surface area contributed by atoms with E-state index in [1.54, 1.807) is 35.6 Å². The third-order valence-corrected chi connectivity index (χ3v) is 5.49. The minimum atomic E-state index is -4.31. The first-order chi connectivity index (χ1) is 13.4. The Balaban J connectivity index is 2.18. The molecule has 0 saturated carbocycles. The maximum atomic E-state index is 12.4. The summed E-state index contributed by atoms with van der Waals surface area (Å²) >= 11 is 1.54. The predicted octanol–water partition coefficient (Wildman–Crippen LogP) is 4.37. The Morgan fingerprint density at radius 3 is 2.48 bits per heavy atom. The highest BCUT2D eigenvalue weighted by Crippen LogP contribution is 2.29. The number of aromatic nitrogens is 1. The van der Waals surface area contributed by atoms with E-state index >= 15 is 0 Å². The molecule has 0 aliphatic carbocycles. The van der Waals surface area contributed by atoms with Gasteiger partial charge in [-0.3, -0.25) is 14.1 Å². The number of rotatable bonds is 9. The van der Waals surface area contributed by atoms with Crippen molar-refractivity contribution in [2.24, 2.45) is 0 Å². The van der Waals surface area contributed by atoms with E-state index < -0.39 is 15.9 Å². The Morgan fingerprint density at radius 2 is 1.93 bits per heavy atom. The van der Waals surface area contributed by atoms with Gasteiger partial charge in [0, 0.05) is 11.3 Å². The first kappa shape index (κ1) is 23.3. The summed E-state index contributed by atoms with van der Waals surface area (Å²) in [5.74, 6) is -0.416. The Labute approximate surface area is 176 Å². The quantitative estimate of drug-likeness (QED) is 0.443. The molecule has 1 heterocycles. The standard InChI is InChI=1S/C20H28N2O5S2/c1-5-6-17-13-28-19(21-17)15(12-18(23)27-20(2,3)4)11-14-7-9-16(10-8-14)22-29(24,25)26/h7-10,13,15,22H,5-6,11-12H2,1-4H3,(H,24,25,26). The lowest BCUT2D eigenvalue weighted by molar-refractivity contribution is -0.155. The third kappa shape index (κ3) is 8.51. The molecule has 1 aromatic carbocycles. The second-order valence-corrected chi connectivity index (χ2v) is 9.94. The average Bonchev–Trinajstić information content (AvgIpc) is 3.02. The number of carbonyl (C=O) groups excluding carboxylic acids is 1. The molecule has 1 unspecified atom stereocenters. The molecular formula is C20H28N2O5S2. The maximum Gasteiger partial charge on any atom is 0.357 e. The monoisotopic (exact) mass is 440 g/mol. The number of nitrogens with one attached hydrogen (secondary N) is 1. The van der Waals surface area contributed by atoms with Gasteiger partial charge in [0.05, 0.1) is 22.8 Å². The maximum absolute atomic E-state index is 12.4. The molecule has 29 heavy (non-hydrogen) atoms. The van der Waals surface area contributed by atoms with Crippen LogP contribution in [0.25, 0.3) is 0 Å². The highest BCUT2D eigenvalue weighted by Gasteiger charge is 2.24. The van der Waals surface area contributed by atoms with Gasteiger partial charge in [-0.05, 0) is 51.3 Å². The summed E-state index contributed by atoms with van der Waals surface area (Å²) in [5.41, 5.74) is 1.65. The fourth-order valence-corrected chi connectivity index (χ4v) is 4.24. The molecule has 1 aromatic heterocycles. The van der Waals surface area contributed by atoms with Crippen LogP contribution in [0.3, 0.4) is 0 Å². The van der Waals surface area contributed by atoms with Crippen LogP contribution in [0, 0.1) is 0 Å². The van der Waals surface area contributed by atoms with Gasteiger partial charge in [-0.15, -0.1) is 11.3 Å². The summed E-state index contributed by atoms with van der Waals surface area (Å²) in [7, 11) is -4.31. The van der Waals surface area contributed by atoms with Crippen LogP contribution in [0.2, 0.25) is 0 Å². The molecule has 2 N–H and O–H groups in total. The zero-order chi connectivity index (χ0) is 21.7. The van der Waals surface area contributed by atoms with Gasteiger partial charge in [-0.2, -0.15) is 8.42 Å². The van der Waals surface area contributed by atoms with Crippen molar-refractivity contribution < 1.29 is 22.5 Å². The molecule has 2 aromatic rings. The van der Waals surface area contributed by atoms with Crippen molar-refractivity contribution in [2.45, 2.75) is 64.9 Å². The van der Waals surface area contributed by atoms with Crippen molar-refractivity contribution >= 4 is 33.3 Å². The van der Waals surface area contributed by atoms with Crippen molar-refractivity contribution in [3.63, 3.8) is 0 Å². The molecule has 0 amide bonds. The van der Waals surface area contributed by atoms with Crippen LogP contribution >= 0.6 is 11.3 Å². The van der Waals surface area contributed by atoms with Gasteiger partial charge in [-0.1, -0.05) is 25.5 Å². The zero-order valence-electron chi connectivity index (χ0n) is 17.1. The Bertz CT molecular complexity index is 915. The first-order valence-electron chi connectivity index (χ1n) is 9.45. The molecule has 0 fully saturated rings. The number of hydrogen-bond donors (Lipinski definition) is 2. The number of carbonyl (C=O) groups is 1. The highest BCUT2D eigenvalue weighted by molar-refractivity contribution is 7.87. The number of thiazole rings is 1. The van der Waals surface area contributed by atoms with Crippen molar-refractivity contribution in [3.8, 4) is 0 Å². The minimum absolute atomic E-state index is 0.138. The molecule has 0 saturated heterocycles. The lowest BCUT2D eigenvalue weighted by Gasteiger charge is -2.21. The summed E-state index contributed by atoms with van der Waals surface area (Å²) in [6, 6.07) is 6.66. The topological polar surface area (TPSA) is 106 Å². The first-order valence-corrected chi connectivity index (χ1v) is 11.8. The highest BCUT2D eigenvalue weighted by atomic mass is 32.2. The molecule has 7 nitrogen and oxygen atoms in total. The number of hydrogen-bond acceptors (Lipinski definition) is 6. The molecule has 0 bridgehead atoms. The van der Waals surface area contributed by atoms with E-state index in [4.69, 9.17) is 14.3 Å². The van der Waals surface area contributed by atoms with Gasteiger partial charge in [0.25, 0.3) is 0 Å². The van der Waals surface area contributed by atoms with Gasteiger partial charge in [0.2, 0.25) is 0 Å². The average molecular weight is 441 g/mol. The molecule has 160 valence electrons. The fourth-order valence-electron chi connectivity index (χ4n) is 2.85. The second kappa shape index (κ2) is 9.69. The van der Waals surface area contributed by atoms with Gasteiger partial charge < -0.3 is 4.74 Å². The van der Waals surface area contributed by atoms with Crippen molar-refractivity contribution in [1.82, 2.24) is 4.98 Å². The van der Waals surface area contributed by atoms with Gasteiger partial charge >= 0.3 is 16.3 Å². The second-order valence-electron chi connectivity index (χ2n) is 7.89. The molecule has 0 aliphatic heterocycles. The van der Waals surface area contributed by atoms with Gasteiger partial charge in [0.1, 0.15) is 5.60 Å². The fraction of sp³-hybridized carbons (Fsp3) is 0.500. The van der Waals surface area contributed by atoms with Crippen molar-refractivity contribution in [2.75, 3.05) is 4.72 Å². The summed E-state index contributed by atoms with van der Waals surface area (Å²) in [5, 5.41) is 2.92. The number of esters is 1. The number of ether oxygens (including phenoxy) is 1. The van der Waals surface area contributed by atoms with E-state index in [2.05, 4.69) is 6.92 Å². The van der Waals surface area contributed by atoms with Crippen molar-refractivity contribution in [1.29, 1.82) is 0 Å². The molecular weight excluding hydrogens is 412 g/mol. The van der Waals surface area contributed by atoms with Crippen LogP contribution in [0.4, 0.5) is 5.69 Å². The van der Waals surface area contributed by atoms with Crippen LogP contribution in [-0.2, 0) is 32.7 Å².